The van der Waals surface area contributed by atoms with Gasteiger partial charge in [0.2, 0.25) is 0 Å². The van der Waals surface area contributed by atoms with Crippen molar-refractivity contribution in [3.63, 3.8) is 0 Å². The highest BCUT2D eigenvalue weighted by molar-refractivity contribution is 6.03. The van der Waals surface area contributed by atoms with Crippen LogP contribution in [0.3, 0.4) is 0 Å². The fourth-order valence-corrected chi connectivity index (χ4v) is 3.64. The molecule has 3 aromatic heterocycles. The Bertz CT molecular complexity index is 1170. The van der Waals surface area contributed by atoms with E-state index in [0.717, 1.165) is 24.5 Å². The van der Waals surface area contributed by atoms with Crippen LogP contribution < -0.4 is 15.1 Å². The van der Waals surface area contributed by atoms with Gasteiger partial charge in [0.15, 0.2) is 5.82 Å². The van der Waals surface area contributed by atoms with Gasteiger partial charge in [0, 0.05) is 37.5 Å². The number of halogens is 4. The summed E-state index contributed by atoms with van der Waals surface area (Å²) in [6, 6.07) is 6.31. The van der Waals surface area contributed by atoms with Crippen molar-refractivity contribution in [2.45, 2.75) is 19.5 Å². The molecule has 0 atom stereocenters. The Morgan fingerprint density at radius 1 is 1.15 bits per heavy atom. The number of nitrogens with zero attached hydrogens (tertiary/aromatic N) is 5. The molecule has 172 valence electrons. The van der Waals surface area contributed by atoms with Crippen molar-refractivity contribution < 1.29 is 22.4 Å². The number of carbonyl (C=O) groups is 1. The molecule has 33 heavy (non-hydrogen) atoms. The third-order valence-corrected chi connectivity index (χ3v) is 5.19. The van der Waals surface area contributed by atoms with Gasteiger partial charge in [0.25, 0.3) is 0 Å². The van der Waals surface area contributed by atoms with Crippen molar-refractivity contribution in [1.82, 2.24) is 15.0 Å². The highest BCUT2D eigenvalue weighted by Crippen LogP contribution is 2.35. The van der Waals surface area contributed by atoms with Crippen LogP contribution in [0.4, 0.5) is 39.5 Å². The highest BCUT2D eigenvalue weighted by atomic mass is 19.4. The number of pyridine rings is 3. The lowest BCUT2D eigenvalue weighted by Gasteiger charge is -2.25. The average Bonchev–Trinajstić information content (AvgIpc) is 2.97. The van der Waals surface area contributed by atoms with Crippen molar-refractivity contribution in [3.8, 4) is 11.3 Å². The Kier molecular flexibility index (Phi) is 6.12. The molecule has 2 amide bonds. The summed E-state index contributed by atoms with van der Waals surface area (Å²) >= 11 is 0. The Morgan fingerprint density at radius 3 is 2.70 bits per heavy atom. The summed E-state index contributed by atoms with van der Waals surface area (Å²) in [5.41, 5.74) is 0.321. The van der Waals surface area contributed by atoms with Crippen LogP contribution in [-0.4, -0.2) is 40.6 Å². The number of hydrogen-bond donors (Lipinski definition) is 1. The quantitative estimate of drug-likeness (QED) is 0.559. The van der Waals surface area contributed by atoms with Crippen LogP contribution in [0.2, 0.25) is 0 Å². The number of hydrogen-bond acceptors (Lipinski definition) is 5. The van der Waals surface area contributed by atoms with Gasteiger partial charge in [-0.05, 0) is 37.6 Å². The number of fused-ring (bicyclic) bond motifs is 1. The summed E-state index contributed by atoms with van der Waals surface area (Å²) < 4.78 is 52.9. The van der Waals surface area contributed by atoms with Crippen LogP contribution >= 0.6 is 0 Å². The molecule has 1 aliphatic rings. The van der Waals surface area contributed by atoms with Crippen molar-refractivity contribution in [3.05, 3.63) is 60.4 Å². The first-order valence-electron chi connectivity index (χ1n) is 10.2. The fraction of sp³-hybridized carbons (Fsp3) is 0.273. The zero-order chi connectivity index (χ0) is 23.6. The minimum Gasteiger partial charge on any atom is -0.369 e. The standard InChI is InChI=1S/C22H20F4N6O/c1-2-31-8-3-9-32(21(33)29-16-11-15(23)12-27-13-16)20-18(31)5-4-17(30-20)14-6-7-28-19(10-14)22(24,25)26/h4-7,10-13H,2-3,8-9H2,1H3,(H,29,33). The molecular weight excluding hydrogens is 440 g/mol. The molecule has 0 radical (unpaired) electrons. The number of aromatic nitrogens is 3. The van der Waals surface area contributed by atoms with Crippen molar-refractivity contribution in [2.75, 3.05) is 34.8 Å². The predicted octanol–water partition coefficient (Wildman–Crippen LogP) is 4.97. The van der Waals surface area contributed by atoms with Gasteiger partial charge in [-0.2, -0.15) is 13.2 Å². The van der Waals surface area contributed by atoms with Gasteiger partial charge in [0.1, 0.15) is 11.5 Å². The van der Waals surface area contributed by atoms with E-state index in [9.17, 15) is 22.4 Å². The smallest absolute Gasteiger partial charge is 0.369 e. The Balaban J connectivity index is 1.74. The summed E-state index contributed by atoms with van der Waals surface area (Å²) in [6.07, 6.45) is -0.538. The first kappa shape index (κ1) is 22.4. The number of nitrogens with one attached hydrogen (secondary N) is 1. The molecule has 0 saturated carbocycles. The third kappa shape index (κ3) is 4.86. The summed E-state index contributed by atoms with van der Waals surface area (Å²) in [6.45, 7) is 3.61. The van der Waals surface area contributed by atoms with Gasteiger partial charge < -0.3 is 10.2 Å². The van der Waals surface area contributed by atoms with Crippen LogP contribution in [-0.2, 0) is 6.18 Å². The predicted molar refractivity (Wildman–Crippen MR) is 116 cm³/mol. The lowest BCUT2D eigenvalue weighted by Crippen LogP contribution is -2.36. The molecule has 3 aromatic rings. The van der Waals surface area contributed by atoms with Gasteiger partial charge in [-0.1, -0.05) is 0 Å². The maximum atomic E-state index is 13.5. The number of anilines is 3. The van der Waals surface area contributed by atoms with Crippen LogP contribution in [0, 0.1) is 5.82 Å². The Morgan fingerprint density at radius 2 is 1.97 bits per heavy atom. The van der Waals surface area contributed by atoms with Crippen molar-refractivity contribution >= 4 is 23.2 Å². The molecule has 0 aromatic carbocycles. The second-order valence-electron chi connectivity index (χ2n) is 7.37. The van der Waals surface area contributed by atoms with Crippen molar-refractivity contribution in [2.24, 2.45) is 0 Å². The third-order valence-electron chi connectivity index (χ3n) is 5.19. The molecule has 0 bridgehead atoms. The summed E-state index contributed by atoms with van der Waals surface area (Å²) in [5.74, 6) is -0.293. The number of amides is 2. The molecule has 4 rings (SSSR count). The van der Waals surface area contributed by atoms with E-state index in [1.165, 1.54) is 17.2 Å². The lowest BCUT2D eigenvalue weighted by atomic mass is 10.1. The number of urea groups is 1. The van der Waals surface area contributed by atoms with E-state index in [1.54, 1.807) is 12.1 Å². The summed E-state index contributed by atoms with van der Waals surface area (Å²) in [4.78, 5) is 28.2. The zero-order valence-corrected chi connectivity index (χ0v) is 17.6. The van der Waals surface area contributed by atoms with E-state index < -0.39 is 23.7 Å². The van der Waals surface area contributed by atoms with Crippen LogP contribution in [0.15, 0.2) is 48.9 Å². The largest absolute Gasteiger partial charge is 0.433 e. The van der Waals surface area contributed by atoms with Gasteiger partial charge in [-0.15, -0.1) is 0 Å². The van der Waals surface area contributed by atoms with Gasteiger partial charge in [-0.25, -0.2) is 14.2 Å². The molecule has 1 aliphatic heterocycles. The molecule has 1 N–H and O–H groups in total. The molecule has 4 heterocycles. The van der Waals surface area contributed by atoms with Gasteiger partial charge in [-0.3, -0.25) is 14.9 Å². The van der Waals surface area contributed by atoms with E-state index in [0.29, 0.717) is 37.6 Å². The van der Waals surface area contributed by atoms with Crippen LogP contribution in [0.25, 0.3) is 11.3 Å². The molecular formula is C22H20F4N6O. The van der Waals surface area contributed by atoms with E-state index in [-0.39, 0.29) is 16.9 Å². The molecule has 7 nitrogen and oxygen atoms in total. The number of alkyl halides is 3. The molecule has 0 spiro atoms. The maximum Gasteiger partial charge on any atom is 0.433 e. The van der Waals surface area contributed by atoms with Crippen LogP contribution in [0.1, 0.15) is 19.0 Å². The first-order chi connectivity index (χ1) is 15.8. The van der Waals surface area contributed by atoms with E-state index in [1.807, 2.05) is 11.8 Å². The second kappa shape index (κ2) is 9.00. The number of carbonyl (C=O) groups excluding carboxylic acids is 1. The minimum absolute atomic E-state index is 0.179. The number of rotatable bonds is 3. The molecule has 0 aliphatic carbocycles. The van der Waals surface area contributed by atoms with E-state index >= 15 is 0 Å². The second-order valence-corrected chi connectivity index (χ2v) is 7.37. The minimum atomic E-state index is -4.59. The summed E-state index contributed by atoms with van der Waals surface area (Å²) in [5, 5.41) is 2.61. The monoisotopic (exact) mass is 460 g/mol. The Labute approximate surface area is 187 Å². The highest BCUT2D eigenvalue weighted by Gasteiger charge is 2.33. The van der Waals surface area contributed by atoms with Crippen LogP contribution in [0.5, 0.6) is 0 Å². The Hall–Kier alpha value is -3.76. The first-order valence-corrected chi connectivity index (χ1v) is 10.2. The normalized spacial score (nSPS) is 14.0. The molecule has 11 heteroatoms. The molecule has 0 fully saturated rings. The van der Waals surface area contributed by atoms with Gasteiger partial charge in [0.05, 0.1) is 29.5 Å². The summed E-state index contributed by atoms with van der Waals surface area (Å²) in [7, 11) is 0. The van der Waals surface area contributed by atoms with Crippen molar-refractivity contribution in [1.29, 1.82) is 0 Å². The molecule has 0 unspecified atom stereocenters. The average molecular weight is 460 g/mol. The fourth-order valence-electron chi connectivity index (χ4n) is 3.64. The topological polar surface area (TPSA) is 74.2 Å². The SMILES string of the molecule is CCN1CCCN(C(=O)Nc2cncc(F)c2)c2nc(-c3ccnc(C(F)(F)F)c3)ccc21. The van der Waals surface area contributed by atoms with Gasteiger partial charge >= 0.3 is 12.2 Å². The maximum absolute atomic E-state index is 13.5. The zero-order valence-electron chi connectivity index (χ0n) is 17.6. The lowest BCUT2D eigenvalue weighted by molar-refractivity contribution is -0.141. The van der Waals surface area contributed by atoms with E-state index in [4.69, 9.17) is 0 Å². The molecule has 0 saturated heterocycles. The van der Waals surface area contributed by atoms with E-state index in [2.05, 4.69) is 20.3 Å².